The van der Waals surface area contributed by atoms with Crippen LogP contribution in [0.1, 0.15) is 154 Å². The number of rotatable bonds is 9. The van der Waals surface area contributed by atoms with Gasteiger partial charge in [-0.05, 0) is 149 Å². The second kappa shape index (κ2) is 20.8. The first kappa shape index (κ1) is 38.2. The van der Waals surface area contributed by atoms with Gasteiger partial charge in [0, 0.05) is 23.0 Å². The van der Waals surface area contributed by atoms with Gasteiger partial charge in [-0.1, -0.05) is 141 Å². The maximum atomic E-state index is 3.52. The Morgan fingerprint density at radius 1 is 0.431 bits per heavy atom. The number of hydrogen-bond acceptors (Lipinski definition) is 0. The second-order valence-corrected chi connectivity index (χ2v) is 15.4. The highest BCUT2D eigenvalue weighted by Gasteiger charge is 2.22. The quantitative estimate of drug-likeness (QED) is 0.122. The van der Waals surface area contributed by atoms with E-state index in [1.54, 1.807) is 0 Å². The Morgan fingerprint density at radius 3 is 1.18 bits per heavy atom. The Hall–Kier alpha value is -4.00. The lowest BCUT2D eigenvalue weighted by Gasteiger charge is -2.26. The zero-order valence-corrected chi connectivity index (χ0v) is 32.2. The van der Waals surface area contributed by atoms with Crippen LogP contribution >= 0.6 is 0 Å². The molecule has 0 saturated heterocycles. The van der Waals surface area contributed by atoms with Crippen molar-refractivity contribution in [1.82, 2.24) is 0 Å². The fourth-order valence-corrected chi connectivity index (χ4v) is 7.66. The van der Waals surface area contributed by atoms with Crippen LogP contribution in [0.2, 0.25) is 0 Å². The molecule has 6 rings (SSSR count). The Balaban J connectivity index is 0.000000198. The third kappa shape index (κ3) is 12.9. The van der Waals surface area contributed by atoms with Gasteiger partial charge in [-0.2, -0.15) is 0 Å². The first-order valence-corrected chi connectivity index (χ1v) is 20.3. The first-order chi connectivity index (χ1) is 25.0. The van der Waals surface area contributed by atoms with Crippen molar-refractivity contribution in [1.29, 1.82) is 0 Å². The third-order valence-electron chi connectivity index (χ3n) is 11.2. The van der Waals surface area contributed by atoms with Gasteiger partial charge >= 0.3 is 0 Å². The molecule has 0 heterocycles. The van der Waals surface area contributed by atoms with Crippen molar-refractivity contribution < 1.29 is 0 Å². The van der Waals surface area contributed by atoms with Gasteiger partial charge in [-0.3, -0.25) is 0 Å². The summed E-state index contributed by atoms with van der Waals surface area (Å²) in [7, 11) is 0. The van der Waals surface area contributed by atoms with Crippen molar-refractivity contribution in [3.05, 3.63) is 142 Å². The first-order valence-electron chi connectivity index (χ1n) is 20.3. The molecule has 4 aromatic carbocycles. The number of unbranched alkanes of at least 4 members (excludes halogenated alkanes) is 3. The summed E-state index contributed by atoms with van der Waals surface area (Å²) in [5, 5.41) is 0. The normalized spacial score (nSPS) is 19.8. The summed E-state index contributed by atoms with van der Waals surface area (Å²) >= 11 is 0. The fraction of sp³-hybridized carbons (Fsp3) is 0.451. The molecule has 0 aliphatic heterocycles. The summed E-state index contributed by atoms with van der Waals surface area (Å²) in [6.45, 7) is 8.77. The smallest absolute Gasteiger partial charge is 0.0245 e. The van der Waals surface area contributed by atoms with Crippen LogP contribution in [-0.2, 0) is 12.8 Å². The molecular formula is C51H62. The minimum atomic E-state index is 0.570. The topological polar surface area (TPSA) is 0 Å². The molecule has 0 nitrogen and oxygen atoms in total. The van der Waals surface area contributed by atoms with Crippen molar-refractivity contribution in [2.24, 2.45) is 11.8 Å². The SMILES string of the molecule is CCCCCc1ccc(C2CCC(C#Cc3ccc(C)cc3)CC2)cc1.CCCCc1ccc(C2CCC(C#Cc3ccc(C)cc3)CC2)cc1. The Kier molecular flexibility index (Phi) is 15.6. The monoisotopic (exact) mass is 674 g/mol. The van der Waals surface area contributed by atoms with Crippen molar-refractivity contribution in [3.63, 3.8) is 0 Å². The number of aryl methyl sites for hydroxylation is 4. The number of hydrogen-bond donors (Lipinski definition) is 0. The molecule has 2 fully saturated rings. The maximum absolute atomic E-state index is 3.52. The van der Waals surface area contributed by atoms with Crippen LogP contribution in [0.15, 0.2) is 97.1 Å². The second-order valence-electron chi connectivity index (χ2n) is 15.4. The lowest BCUT2D eigenvalue weighted by Crippen LogP contribution is -2.12. The largest absolute Gasteiger partial charge is 0.0945 e. The molecule has 0 radical (unpaired) electrons. The van der Waals surface area contributed by atoms with E-state index in [0.717, 1.165) is 23.0 Å². The zero-order valence-electron chi connectivity index (χ0n) is 32.2. The molecule has 0 bridgehead atoms. The molecule has 0 unspecified atom stereocenters. The van der Waals surface area contributed by atoms with Crippen LogP contribution in [0.4, 0.5) is 0 Å². The molecule has 0 atom stereocenters. The van der Waals surface area contributed by atoms with E-state index in [1.807, 2.05) is 0 Å². The average Bonchev–Trinajstić information content (AvgIpc) is 3.18. The van der Waals surface area contributed by atoms with Crippen molar-refractivity contribution in [3.8, 4) is 23.7 Å². The van der Waals surface area contributed by atoms with Crippen LogP contribution < -0.4 is 0 Å². The molecule has 0 heteroatoms. The maximum Gasteiger partial charge on any atom is 0.0245 e. The lowest BCUT2D eigenvalue weighted by atomic mass is 9.78. The van der Waals surface area contributed by atoms with Crippen molar-refractivity contribution >= 4 is 0 Å². The lowest BCUT2D eigenvalue weighted by molar-refractivity contribution is 0.384. The summed E-state index contributed by atoms with van der Waals surface area (Å²) in [6.07, 6.45) is 19.1. The summed E-state index contributed by atoms with van der Waals surface area (Å²) < 4.78 is 0. The predicted molar refractivity (Wildman–Crippen MR) is 220 cm³/mol. The highest BCUT2D eigenvalue weighted by molar-refractivity contribution is 5.37. The van der Waals surface area contributed by atoms with Gasteiger partial charge in [-0.15, -0.1) is 0 Å². The van der Waals surface area contributed by atoms with Gasteiger partial charge in [0.25, 0.3) is 0 Å². The molecule has 2 saturated carbocycles. The van der Waals surface area contributed by atoms with Crippen LogP contribution in [0.5, 0.6) is 0 Å². The molecule has 266 valence electrons. The molecule has 2 aliphatic carbocycles. The van der Waals surface area contributed by atoms with Crippen LogP contribution in [0.25, 0.3) is 0 Å². The van der Waals surface area contributed by atoms with E-state index < -0.39 is 0 Å². The van der Waals surface area contributed by atoms with Gasteiger partial charge in [0.2, 0.25) is 0 Å². The van der Waals surface area contributed by atoms with Crippen LogP contribution in [-0.4, -0.2) is 0 Å². The van der Waals surface area contributed by atoms with Gasteiger partial charge in [-0.25, -0.2) is 0 Å². The molecule has 0 aromatic heterocycles. The third-order valence-corrected chi connectivity index (χ3v) is 11.2. The van der Waals surface area contributed by atoms with E-state index in [2.05, 4.69) is 148 Å². The van der Waals surface area contributed by atoms with E-state index in [-0.39, 0.29) is 0 Å². The van der Waals surface area contributed by atoms with Crippen LogP contribution in [0.3, 0.4) is 0 Å². The Morgan fingerprint density at radius 2 is 0.804 bits per heavy atom. The van der Waals surface area contributed by atoms with Gasteiger partial charge in [0.15, 0.2) is 0 Å². The highest BCUT2D eigenvalue weighted by atomic mass is 14.3. The standard InChI is InChI=1S/C26H32.C25H30/c1-3-4-5-6-22-13-17-25(18-14-22)26-19-15-24(16-20-26)12-11-23-9-7-21(2)8-10-23;1-3-4-5-21-12-16-24(17-13-21)25-18-14-23(15-19-25)11-10-22-8-6-20(2)7-9-22/h7-10,13-14,17-18,24,26H,3-6,15-16,19-20H2,1-2H3;6-9,12-13,16-17,23,25H,3-5,14-15,18-19H2,1-2H3. The van der Waals surface area contributed by atoms with E-state index in [0.29, 0.717) is 11.8 Å². The molecule has 51 heavy (non-hydrogen) atoms. The van der Waals surface area contributed by atoms with Gasteiger partial charge in [0.1, 0.15) is 0 Å². The molecule has 0 amide bonds. The molecule has 0 spiro atoms. The Labute approximate surface area is 311 Å². The van der Waals surface area contributed by atoms with Crippen molar-refractivity contribution in [2.75, 3.05) is 0 Å². The summed E-state index contributed by atoms with van der Waals surface area (Å²) in [5.41, 5.74) is 11.0. The molecular weight excluding hydrogens is 613 g/mol. The van der Waals surface area contributed by atoms with Gasteiger partial charge < -0.3 is 0 Å². The highest BCUT2D eigenvalue weighted by Crippen LogP contribution is 2.37. The summed E-state index contributed by atoms with van der Waals surface area (Å²) in [6, 6.07) is 36.0. The van der Waals surface area contributed by atoms with E-state index >= 15 is 0 Å². The van der Waals surface area contributed by atoms with E-state index in [1.165, 1.54) is 130 Å². The molecule has 2 aliphatic rings. The summed E-state index contributed by atoms with van der Waals surface area (Å²) in [5.74, 6) is 16.4. The Bertz CT molecular complexity index is 1680. The molecule has 4 aromatic rings. The average molecular weight is 675 g/mol. The zero-order chi connectivity index (χ0) is 35.7. The minimum Gasteiger partial charge on any atom is -0.0945 e. The predicted octanol–water partition coefficient (Wildman–Crippen LogP) is 13.7. The summed E-state index contributed by atoms with van der Waals surface area (Å²) in [4.78, 5) is 0. The number of benzene rings is 4. The fourth-order valence-electron chi connectivity index (χ4n) is 7.66. The minimum absolute atomic E-state index is 0.570. The van der Waals surface area contributed by atoms with Crippen molar-refractivity contribution in [2.45, 2.75) is 136 Å². The molecule has 0 N–H and O–H groups in total. The van der Waals surface area contributed by atoms with Crippen LogP contribution in [0, 0.1) is 49.4 Å². The van der Waals surface area contributed by atoms with E-state index in [9.17, 15) is 0 Å². The van der Waals surface area contributed by atoms with E-state index in [4.69, 9.17) is 0 Å². The van der Waals surface area contributed by atoms with Gasteiger partial charge in [0.05, 0.1) is 0 Å².